The van der Waals surface area contributed by atoms with Crippen molar-refractivity contribution in [1.29, 1.82) is 0 Å². The number of ether oxygens (including phenoxy) is 1. The summed E-state index contributed by atoms with van der Waals surface area (Å²) in [7, 11) is 0. The van der Waals surface area contributed by atoms with Crippen molar-refractivity contribution in [2.75, 3.05) is 45.9 Å². The molecule has 1 aliphatic heterocycles. The van der Waals surface area contributed by atoms with Crippen LogP contribution in [0, 0.1) is 5.92 Å². The normalized spacial score (nSPS) is 17.7. The number of halogens is 1. The van der Waals surface area contributed by atoms with Crippen molar-refractivity contribution in [3.05, 3.63) is 35.4 Å². The third-order valence-electron chi connectivity index (χ3n) is 4.82. The number of hydrogen-bond acceptors (Lipinski definition) is 3. The molecule has 2 N–H and O–H groups in total. The Morgan fingerprint density at radius 2 is 1.81 bits per heavy atom. The van der Waals surface area contributed by atoms with Gasteiger partial charge in [-0.2, -0.15) is 0 Å². The Kier molecular flexibility index (Phi) is 11.9. The van der Waals surface area contributed by atoms with Gasteiger partial charge in [-0.25, -0.2) is 0 Å². The maximum atomic E-state index is 5.42. The quantitative estimate of drug-likeness (QED) is 0.335. The summed E-state index contributed by atoms with van der Waals surface area (Å²) in [5.74, 6) is 1.43. The molecule has 0 aliphatic carbocycles. The Hall–Kier alpha value is -0.860. The smallest absolute Gasteiger partial charge is 0.191 e. The lowest BCUT2D eigenvalue weighted by atomic mass is 10.1. The maximum absolute atomic E-state index is 5.42. The van der Waals surface area contributed by atoms with Crippen molar-refractivity contribution in [3.8, 4) is 0 Å². The molecule has 1 aliphatic rings. The molecule has 6 heteroatoms. The number of morpholine rings is 1. The first kappa shape index (κ1) is 24.2. The SMILES string of the molecule is CCNC(=NCC(C)CN1CCOCC1)NC(C)c1ccc(CC)cc1.I. The van der Waals surface area contributed by atoms with E-state index >= 15 is 0 Å². The van der Waals surface area contributed by atoms with Crippen LogP contribution in [-0.4, -0.2) is 56.8 Å². The van der Waals surface area contributed by atoms with Crippen LogP contribution >= 0.6 is 24.0 Å². The maximum Gasteiger partial charge on any atom is 0.191 e. The fourth-order valence-electron chi connectivity index (χ4n) is 3.18. The standard InChI is InChI=1S/C21H36N4O.HI/c1-5-19-7-9-20(10-8-19)18(4)24-21(22-6-2)23-15-17(3)16-25-11-13-26-14-12-25;/h7-10,17-18H,5-6,11-16H2,1-4H3,(H2,22,23,24);1H. The van der Waals surface area contributed by atoms with E-state index in [0.717, 1.165) is 58.3 Å². The Morgan fingerprint density at radius 1 is 1.15 bits per heavy atom. The van der Waals surface area contributed by atoms with Gasteiger partial charge >= 0.3 is 0 Å². The number of rotatable bonds is 8. The second-order valence-corrected chi connectivity index (χ2v) is 7.20. The first-order chi connectivity index (χ1) is 12.6. The molecular formula is C21H37IN4O. The summed E-state index contributed by atoms with van der Waals surface area (Å²) >= 11 is 0. The molecule has 1 fully saturated rings. The van der Waals surface area contributed by atoms with E-state index in [9.17, 15) is 0 Å². The minimum atomic E-state index is 0. The number of nitrogens with zero attached hydrogens (tertiary/aromatic N) is 2. The first-order valence-electron chi connectivity index (χ1n) is 10.1. The molecule has 1 aromatic carbocycles. The van der Waals surface area contributed by atoms with Crippen LogP contribution in [0.2, 0.25) is 0 Å². The molecule has 2 atom stereocenters. The van der Waals surface area contributed by atoms with Gasteiger partial charge in [-0.05, 0) is 37.3 Å². The number of nitrogens with one attached hydrogen (secondary N) is 2. The third-order valence-corrected chi connectivity index (χ3v) is 4.82. The summed E-state index contributed by atoms with van der Waals surface area (Å²) in [5.41, 5.74) is 2.66. The van der Waals surface area contributed by atoms with Crippen LogP contribution < -0.4 is 10.6 Å². The summed E-state index contributed by atoms with van der Waals surface area (Å²) < 4.78 is 5.42. The van der Waals surface area contributed by atoms with Gasteiger partial charge in [0.05, 0.1) is 19.3 Å². The van der Waals surface area contributed by atoms with E-state index in [1.165, 1.54) is 11.1 Å². The highest BCUT2D eigenvalue weighted by Gasteiger charge is 2.14. The average molecular weight is 488 g/mol. The van der Waals surface area contributed by atoms with Gasteiger partial charge in [-0.15, -0.1) is 24.0 Å². The molecule has 1 heterocycles. The minimum Gasteiger partial charge on any atom is -0.379 e. The monoisotopic (exact) mass is 488 g/mol. The van der Waals surface area contributed by atoms with Gasteiger partial charge in [0.15, 0.2) is 5.96 Å². The summed E-state index contributed by atoms with van der Waals surface area (Å²) in [6.45, 7) is 15.3. The summed E-state index contributed by atoms with van der Waals surface area (Å²) in [5, 5.41) is 6.91. The highest BCUT2D eigenvalue weighted by Crippen LogP contribution is 2.13. The van der Waals surface area contributed by atoms with Crippen molar-refractivity contribution in [3.63, 3.8) is 0 Å². The Morgan fingerprint density at radius 3 is 2.41 bits per heavy atom. The fraction of sp³-hybridized carbons (Fsp3) is 0.667. The van der Waals surface area contributed by atoms with Crippen LogP contribution in [0.3, 0.4) is 0 Å². The zero-order valence-electron chi connectivity index (χ0n) is 17.3. The van der Waals surface area contributed by atoms with E-state index in [0.29, 0.717) is 5.92 Å². The zero-order chi connectivity index (χ0) is 18.8. The van der Waals surface area contributed by atoms with E-state index in [2.05, 4.69) is 67.5 Å². The number of aryl methyl sites for hydroxylation is 1. The van der Waals surface area contributed by atoms with Crippen LogP contribution in [0.4, 0.5) is 0 Å². The van der Waals surface area contributed by atoms with Gasteiger partial charge in [0.25, 0.3) is 0 Å². The topological polar surface area (TPSA) is 48.9 Å². The van der Waals surface area contributed by atoms with Crippen LogP contribution in [0.5, 0.6) is 0 Å². The molecule has 0 saturated carbocycles. The number of hydrogen-bond donors (Lipinski definition) is 2. The molecule has 0 aromatic heterocycles. The zero-order valence-corrected chi connectivity index (χ0v) is 19.7. The predicted molar refractivity (Wildman–Crippen MR) is 125 cm³/mol. The van der Waals surface area contributed by atoms with Crippen LogP contribution in [0.15, 0.2) is 29.3 Å². The van der Waals surface area contributed by atoms with Crippen molar-refractivity contribution in [2.24, 2.45) is 10.9 Å². The van der Waals surface area contributed by atoms with Gasteiger partial charge in [0.2, 0.25) is 0 Å². The molecule has 0 amide bonds. The molecule has 5 nitrogen and oxygen atoms in total. The van der Waals surface area contributed by atoms with E-state index in [4.69, 9.17) is 9.73 Å². The minimum absolute atomic E-state index is 0. The number of guanidine groups is 1. The van der Waals surface area contributed by atoms with E-state index in [-0.39, 0.29) is 30.0 Å². The van der Waals surface area contributed by atoms with Gasteiger partial charge < -0.3 is 15.4 Å². The molecule has 1 saturated heterocycles. The van der Waals surface area contributed by atoms with Crippen molar-refractivity contribution < 1.29 is 4.74 Å². The first-order valence-corrected chi connectivity index (χ1v) is 10.1. The molecule has 2 unspecified atom stereocenters. The summed E-state index contributed by atoms with van der Waals surface area (Å²) in [4.78, 5) is 7.29. The lowest BCUT2D eigenvalue weighted by molar-refractivity contribution is 0.0323. The molecule has 2 rings (SSSR count). The van der Waals surface area contributed by atoms with Crippen molar-refractivity contribution >= 4 is 29.9 Å². The van der Waals surface area contributed by atoms with Crippen LogP contribution in [0.1, 0.15) is 44.9 Å². The van der Waals surface area contributed by atoms with Crippen molar-refractivity contribution in [2.45, 2.75) is 40.2 Å². The Labute approximate surface area is 182 Å². The third kappa shape index (κ3) is 8.79. The lowest BCUT2D eigenvalue weighted by Gasteiger charge is -2.28. The van der Waals surface area contributed by atoms with E-state index in [1.807, 2.05) is 0 Å². The molecule has 154 valence electrons. The Bertz CT molecular complexity index is 544. The molecule has 1 aromatic rings. The van der Waals surface area contributed by atoms with Gasteiger partial charge in [-0.3, -0.25) is 9.89 Å². The molecule has 0 radical (unpaired) electrons. The number of benzene rings is 1. The van der Waals surface area contributed by atoms with E-state index < -0.39 is 0 Å². The molecule has 0 bridgehead atoms. The summed E-state index contributed by atoms with van der Waals surface area (Å²) in [6.07, 6.45) is 1.08. The highest BCUT2D eigenvalue weighted by molar-refractivity contribution is 14.0. The highest BCUT2D eigenvalue weighted by atomic mass is 127. The van der Waals surface area contributed by atoms with Gasteiger partial charge in [0.1, 0.15) is 0 Å². The molecule has 27 heavy (non-hydrogen) atoms. The summed E-state index contributed by atoms with van der Waals surface area (Å²) in [6, 6.07) is 9.07. The van der Waals surface area contributed by atoms with Gasteiger partial charge in [-0.1, -0.05) is 38.1 Å². The average Bonchev–Trinajstić information content (AvgIpc) is 2.67. The number of aliphatic imine (C=N–C) groups is 1. The second-order valence-electron chi connectivity index (χ2n) is 7.20. The molecule has 0 spiro atoms. The lowest BCUT2D eigenvalue weighted by Crippen LogP contribution is -2.41. The van der Waals surface area contributed by atoms with Crippen LogP contribution in [-0.2, 0) is 11.2 Å². The van der Waals surface area contributed by atoms with Crippen molar-refractivity contribution in [1.82, 2.24) is 15.5 Å². The second kappa shape index (κ2) is 13.3. The van der Waals surface area contributed by atoms with Crippen LogP contribution in [0.25, 0.3) is 0 Å². The predicted octanol–water partition coefficient (Wildman–Crippen LogP) is 3.45. The van der Waals surface area contributed by atoms with Gasteiger partial charge in [0, 0.05) is 32.7 Å². The fourth-order valence-corrected chi connectivity index (χ4v) is 3.18. The largest absolute Gasteiger partial charge is 0.379 e. The van der Waals surface area contributed by atoms with E-state index in [1.54, 1.807) is 0 Å². The Balaban J connectivity index is 0.00000364. The molecular weight excluding hydrogens is 451 g/mol.